The van der Waals surface area contributed by atoms with Crippen LogP contribution < -0.4 is 10.6 Å². The molecule has 8 heteroatoms. The van der Waals surface area contributed by atoms with E-state index in [0.717, 1.165) is 45.0 Å². The molecule has 0 aromatic heterocycles. The van der Waals surface area contributed by atoms with Crippen LogP contribution in [0.2, 0.25) is 0 Å². The van der Waals surface area contributed by atoms with Crippen molar-refractivity contribution in [3.8, 4) is 0 Å². The Hall–Kier alpha value is -2.22. The maximum atomic E-state index is 14.0. The van der Waals surface area contributed by atoms with Crippen LogP contribution >= 0.6 is 0 Å². The highest BCUT2D eigenvalue weighted by atomic mass is 19.1. The lowest BCUT2D eigenvalue weighted by molar-refractivity contribution is -0.122. The molecule has 3 aliphatic rings. The second-order valence-electron chi connectivity index (χ2n) is 8.13. The van der Waals surface area contributed by atoms with Gasteiger partial charge in [-0.25, -0.2) is 8.78 Å². The number of aliphatic imine (C=N–C) groups is 1. The summed E-state index contributed by atoms with van der Waals surface area (Å²) >= 11 is 0. The second kappa shape index (κ2) is 8.65. The number of piperazine rings is 1. The fourth-order valence-corrected chi connectivity index (χ4v) is 3.91. The summed E-state index contributed by atoms with van der Waals surface area (Å²) in [5.74, 6) is -0.225. The molecule has 158 valence electrons. The molecule has 1 aromatic carbocycles. The SMILES string of the molecule is CCN=C(NC1CC1c1c(F)cccc1F)N1CCN(CC(=O)NC2CC2)CC1. The van der Waals surface area contributed by atoms with Crippen LogP contribution in [0.4, 0.5) is 8.78 Å². The molecule has 3 fully saturated rings. The van der Waals surface area contributed by atoms with Gasteiger partial charge in [0.15, 0.2) is 5.96 Å². The van der Waals surface area contributed by atoms with Gasteiger partial charge in [-0.1, -0.05) is 6.07 Å². The molecule has 6 nitrogen and oxygen atoms in total. The highest BCUT2D eigenvalue weighted by Gasteiger charge is 2.43. The van der Waals surface area contributed by atoms with Crippen LogP contribution in [0.25, 0.3) is 0 Å². The summed E-state index contributed by atoms with van der Waals surface area (Å²) in [6.07, 6.45) is 2.89. The molecule has 1 aromatic rings. The van der Waals surface area contributed by atoms with E-state index in [1.54, 1.807) is 0 Å². The smallest absolute Gasteiger partial charge is 0.234 e. The van der Waals surface area contributed by atoms with Crippen LogP contribution in [0.15, 0.2) is 23.2 Å². The van der Waals surface area contributed by atoms with Gasteiger partial charge in [-0.2, -0.15) is 0 Å². The first-order valence-corrected chi connectivity index (χ1v) is 10.6. The Labute approximate surface area is 170 Å². The molecule has 1 heterocycles. The van der Waals surface area contributed by atoms with E-state index in [1.165, 1.54) is 18.2 Å². The van der Waals surface area contributed by atoms with E-state index in [1.807, 2.05) is 6.92 Å². The Bertz CT molecular complexity index is 754. The van der Waals surface area contributed by atoms with E-state index in [0.29, 0.717) is 25.6 Å². The van der Waals surface area contributed by atoms with Gasteiger partial charge in [0, 0.05) is 56.3 Å². The number of hydrogen-bond acceptors (Lipinski definition) is 3. The molecular weight excluding hydrogens is 376 g/mol. The first-order valence-electron chi connectivity index (χ1n) is 10.6. The molecule has 1 aliphatic heterocycles. The number of hydrogen-bond donors (Lipinski definition) is 2. The number of amides is 1. The van der Waals surface area contributed by atoms with Crippen molar-refractivity contribution in [1.29, 1.82) is 0 Å². The number of nitrogens with one attached hydrogen (secondary N) is 2. The molecule has 2 N–H and O–H groups in total. The Balaban J connectivity index is 1.29. The summed E-state index contributed by atoms with van der Waals surface area (Å²) < 4.78 is 28.1. The minimum atomic E-state index is -0.480. The summed E-state index contributed by atoms with van der Waals surface area (Å²) in [6.45, 7) is 6.17. The average molecular weight is 405 g/mol. The normalized spacial score (nSPS) is 25.1. The maximum Gasteiger partial charge on any atom is 0.234 e. The maximum absolute atomic E-state index is 14.0. The summed E-state index contributed by atoms with van der Waals surface area (Å²) in [4.78, 5) is 20.9. The number of carbonyl (C=O) groups excluding carboxylic acids is 1. The van der Waals surface area contributed by atoms with Gasteiger partial charge in [0.1, 0.15) is 11.6 Å². The van der Waals surface area contributed by atoms with Crippen molar-refractivity contribution < 1.29 is 13.6 Å². The molecule has 0 bridgehead atoms. The van der Waals surface area contributed by atoms with Crippen molar-refractivity contribution in [1.82, 2.24) is 20.4 Å². The largest absolute Gasteiger partial charge is 0.353 e. The van der Waals surface area contributed by atoms with Crippen molar-refractivity contribution in [3.63, 3.8) is 0 Å². The number of halogens is 2. The van der Waals surface area contributed by atoms with E-state index >= 15 is 0 Å². The van der Waals surface area contributed by atoms with E-state index in [9.17, 15) is 13.6 Å². The minimum Gasteiger partial charge on any atom is -0.353 e. The van der Waals surface area contributed by atoms with E-state index in [-0.39, 0.29) is 23.4 Å². The molecular formula is C21H29F2N5O. The van der Waals surface area contributed by atoms with Gasteiger partial charge in [0.2, 0.25) is 5.91 Å². The third-order valence-electron chi connectivity index (χ3n) is 5.76. The van der Waals surface area contributed by atoms with Gasteiger partial charge < -0.3 is 15.5 Å². The molecule has 1 saturated heterocycles. The lowest BCUT2D eigenvalue weighted by atomic mass is 10.1. The van der Waals surface area contributed by atoms with Crippen LogP contribution in [0, 0.1) is 11.6 Å². The first kappa shape index (κ1) is 20.1. The third kappa shape index (κ3) is 5.04. The average Bonchev–Trinajstić information content (AvgIpc) is 3.60. The first-order chi connectivity index (χ1) is 14.0. The van der Waals surface area contributed by atoms with Gasteiger partial charge in [-0.15, -0.1) is 0 Å². The van der Waals surface area contributed by atoms with Crippen LogP contribution in [0.1, 0.15) is 37.7 Å². The van der Waals surface area contributed by atoms with E-state index < -0.39 is 11.6 Å². The lowest BCUT2D eigenvalue weighted by Crippen LogP contribution is -2.54. The minimum absolute atomic E-state index is 0.00551. The van der Waals surface area contributed by atoms with Crippen molar-refractivity contribution in [2.24, 2.45) is 4.99 Å². The van der Waals surface area contributed by atoms with Gasteiger partial charge in [-0.3, -0.25) is 14.7 Å². The van der Waals surface area contributed by atoms with Crippen molar-refractivity contribution >= 4 is 11.9 Å². The molecule has 29 heavy (non-hydrogen) atoms. The van der Waals surface area contributed by atoms with E-state index in [4.69, 9.17) is 0 Å². The number of benzene rings is 1. The molecule has 2 saturated carbocycles. The summed E-state index contributed by atoms with van der Waals surface area (Å²) in [5, 5.41) is 6.43. The molecule has 0 spiro atoms. The van der Waals surface area contributed by atoms with Gasteiger partial charge >= 0.3 is 0 Å². The van der Waals surface area contributed by atoms with Crippen LogP contribution in [-0.2, 0) is 4.79 Å². The topological polar surface area (TPSA) is 60.0 Å². The Morgan fingerprint density at radius 1 is 1.14 bits per heavy atom. The van der Waals surface area contributed by atoms with Gasteiger partial charge in [0.25, 0.3) is 0 Å². The van der Waals surface area contributed by atoms with E-state index in [2.05, 4.69) is 25.4 Å². The quantitative estimate of drug-likeness (QED) is 0.559. The monoisotopic (exact) mass is 405 g/mol. The molecule has 4 rings (SSSR count). The van der Waals surface area contributed by atoms with Gasteiger partial charge in [0.05, 0.1) is 6.54 Å². The Kier molecular flexibility index (Phi) is 5.99. The number of nitrogens with zero attached hydrogens (tertiary/aromatic N) is 3. The van der Waals surface area contributed by atoms with Crippen LogP contribution in [0.5, 0.6) is 0 Å². The summed E-state index contributed by atoms with van der Waals surface area (Å²) in [5.41, 5.74) is 0.173. The Morgan fingerprint density at radius 2 is 1.83 bits per heavy atom. The van der Waals surface area contributed by atoms with Crippen LogP contribution in [0.3, 0.4) is 0 Å². The molecule has 2 aliphatic carbocycles. The standard InChI is InChI=1S/C21H29F2N5O/c1-2-24-21(26-18-12-15(18)20-16(22)4-3-5-17(20)23)28-10-8-27(9-11-28)13-19(29)25-14-6-7-14/h3-5,14-15,18H,2,6-13H2,1H3,(H,24,26)(H,25,29). The number of carbonyl (C=O) groups is 1. The molecule has 2 unspecified atom stereocenters. The zero-order chi connectivity index (χ0) is 20.4. The predicted molar refractivity (Wildman–Crippen MR) is 108 cm³/mol. The zero-order valence-corrected chi connectivity index (χ0v) is 16.8. The third-order valence-corrected chi connectivity index (χ3v) is 5.76. The highest BCUT2D eigenvalue weighted by molar-refractivity contribution is 5.81. The molecule has 0 radical (unpaired) electrons. The Morgan fingerprint density at radius 3 is 2.45 bits per heavy atom. The van der Waals surface area contributed by atoms with Gasteiger partial charge in [-0.05, 0) is 38.3 Å². The van der Waals surface area contributed by atoms with Crippen LogP contribution in [-0.4, -0.2) is 73.0 Å². The lowest BCUT2D eigenvalue weighted by Gasteiger charge is -2.36. The number of rotatable bonds is 6. The summed E-state index contributed by atoms with van der Waals surface area (Å²) in [6, 6.07) is 4.41. The summed E-state index contributed by atoms with van der Waals surface area (Å²) in [7, 11) is 0. The molecule has 1 amide bonds. The van der Waals surface area contributed by atoms with Crippen molar-refractivity contribution in [3.05, 3.63) is 35.4 Å². The fourth-order valence-electron chi connectivity index (χ4n) is 3.91. The zero-order valence-electron chi connectivity index (χ0n) is 16.8. The number of guanidine groups is 1. The van der Waals surface area contributed by atoms with Crippen molar-refractivity contribution in [2.75, 3.05) is 39.3 Å². The molecule has 2 atom stereocenters. The van der Waals surface area contributed by atoms with Crippen molar-refractivity contribution in [2.45, 2.75) is 44.2 Å². The highest BCUT2D eigenvalue weighted by Crippen LogP contribution is 2.43. The second-order valence-corrected chi connectivity index (χ2v) is 8.13. The fraction of sp³-hybridized carbons (Fsp3) is 0.619. The predicted octanol–water partition coefficient (Wildman–Crippen LogP) is 1.68.